The van der Waals surface area contributed by atoms with Gasteiger partial charge in [0.2, 0.25) is 11.8 Å². The molecule has 146 valence electrons. The van der Waals surface area contributed by atoms with Gasteiger partial charge < -0.3 is 14.7 Å². The Bertz CT molecular complexity index is 769. The van der Waals surface area contributed by atoms with Crippen LogP contribution in [0.15, 0.2) is 6.07 Å². The highest BCUT2D eigenvalue weighted by Crippen LogP contribution is 2.39. The molecule has 0 unspecified atom stereocenters. The maximum atomic E-state index is 13.0. The van der Waals surface area contributed by atoms with Gasteiger partial charge in [-0.3, -0.25) is 19.5 Å². The standard InChI is InChI=1S/C19H27N5O3/c1-11(2)9-22-6-7-23-16(19(22)27)10-24(12(3)17(23)25)18(26)15-8-14(20-21-15)13-4-5-13/h8,11-13,16H,4-7,9-10H2,1-3H3,(H,20,21)/t12-,16-/m0/s1. The number of amides is 3. The van der Waals surface area contributed by atoms with Crippen LogP contribution in [0.25, 0.3) is 0 Å². The molecule has 1 aliphatic carbocycles. The van der Waals surface area contributed by atoms with Gasteiger partial charge in [0, 0.05) is 31.2 Å². The van der Waals surface area contributed by atoms with Crippen molar-refractivity contribution in [3.05, 3.63) is 17.5 Å². The average Bonchev–Trinajstić information content (AvgIpc) is 3.36. The molecule has 1 N–H and O–H groups in total. The molecule has 0 spiro atoms. The van der Waals surface area contributed by atoms with E-state index in [1.165, 1.54) is 4.90 Å². The molecule has 8 nitrogen and oxygen atoms in total. The Morgan fingerprint density at radius 3 is 2.67 bits per heavy atom. The molecule has 0 bridgehead atoms. The summed E-state index contributed by atoms with van der Waals surface area (Å²) in [5.74, 6) is 0.331. The molecular weight excluding hydrogens is 346 g/mol. The second-order valence-corrected chi connectivity index (χ2v) is 8.34. The van der Waals surface area contributed by atoms with Gasteiger partial charge in [-0.15, -0.1) is 0 Å². The van der Waals surface area contributed by atoms with Crippen LogP contribution in [0.1, 0.15) is 55.7 Å². The van der Waals surface area contributed by atoms with Crippen molar-refractivity contribution in [3.63, 3.8) is 0 Å². The van der Waals surface area contributed by atoms with Crippen molar-refractivity contribution in [3.8, 4) is 0 Å². The Kier molecular flexibility index (Phi) is 4.44. The summed E-state index contributed by atoms with van der Waals surface area (Å²) >= 11 is 0. The largest absolute Gasteiger partial charge is 0.339 e. The van der Waals surface area contributed by atoms with E-state index in [-0.39, 0.29) is 24.3 Å². The van der Waals surface area contributed by atoms with E-state index in [4.69, 9.17) is 0 Å². The van der Waals surface area contributed by atoms with Crippen LogP contribution in [0.5, 0.6) is 0 Å². The van der Waals surface area contributed by atoms with Gasteiger partial charge in [0.25, 0.3) is 5.91 Å². The summed E-state index contributed by atoms with van der Waals surface area (Å²) in [5, 5.41) is 7.09. The molecule has 27 heavy (non-hydrogen) atoms. The third-order valence-electron chi connectivity index (χ3n) is 5.74. The van der Waals surface area contributed by atoms with Crippen LogP contribution >= 0.6 is 0 Å². The minimum Gasteiger partial charge on any atom is -0.339 e. The van der Waals surface area contributed by atoms with Gasteiger partial charge in [-0.2, -0.15) is 5.10 Å². The van der Waals surface area contributed by atoms with Crippen molar-refractivity contribution in [1.82, 2.24) is 24.9 Å². The van der Waals surface area contributed by atoms with Crippen LogP contribution in [0.4, 0.5) is 0 Å². The fourth-order valence-electron chi connectivity index (χ4n) is 4.07. The third kappa shape index (κ3) is 3.21. The van der Waals surface area contributed by atoms with Crippen LogP contribution in [0.3, 0.4) is 0 Å². The topological polar surface area (TPSA) is 89.6 Å². The van der Waals surface area contributed by atoms with E-state index < -0.39 is 12.1 Å². The maximum absolute atomic E-state index is 13.0. The zero-order chi connectivity index (χ0) is 19.3. The molecule has 3 fully saturated rings. The lowest BCUT2D eigenvalue weighted by atomic mass is 10.0. The van der Waals surface area contributed by atoms with Gasteiger partial charge in [0.1, 0.15) is 17.8 Å². The number of fused-ring (bicyclic) bond motifs is 1. The van der Waals surface area contributed by atoms with Gasteiger partial charge in [-0.1, -0.05) is 13.8 Å². The minimum absolute atomic E-state index is 0.0614. The fourth-order valence-corrected chi connectivity index (χ4v) is 4.07. The van der Waals surface area contributed by atoms with Crippen LogP contribution in [-0.2, 0) is 9.59 Å². The molecule has 2 atom stereocenters. The number of aromatic nitrogens is 2. The SMILES string of the molecule is CC(C)CN1CCN2C(=O)[C@H](C)N(C(=O)c3cc(C4CC4)[nH]n3)C[C@H]2C1=O. The smallest absolute Gasteiger partial charge is 0.275 e. The highest BCUT2D eigenvalue weighted by Gasteiger charge is 2.47. The van der Waals surface area contributed by atoms with Crippen molar-refractivity contribution in [2.24, 2.45) is 5.92 Å². The molecule has 1 aromatic rings. The molecule has 8 heteroatoms. The van der Waals surface area contributed by atoms with E-state index in [9.17, 15) is 14.4 Å². The van der Waals surface area contributed by atoms with E-state index in [1.807, 2.05) is 4.90 Å². The first-order valence-corrected chi connectivity index (χ1v) is 9.82. The number of rotatable bonds is 4. The lowest BCUT2D eigenvalue weighted by Gasteiger charge is -2.48. The Morgan fingerprint density at radius 1 is 1.26 bits per heavy atom. The second-order valence-electron chi connectivity index (χ2n) is 8.34. The number of aromatic amines is 1. The Balaban J connectivity index is 1.54. The zero-order valence-corrected chi connectivity index (χ0v) is 16.1. The average molecular weight is 373 g/mol. The lowest BCUT2D eigenvalue weighted by molar-refractivity contribution is -0.160. The van der Waals surface area contributed by atoms with Crippen LogP contribution in [0.2, 0.25) is 0 Å². The molecule has 0 aromatic carbocycles. The molecule has 3 amide bonds. The summed E-state index contributed by atoms with van der Waals surface area (Å²) in [5.41, 5.74) is 1.31. The highest BCUT2D eigenvalue weighted by atomic mass is 16.2. The van der Waals surface area contributed by atoms with E-state index in [0.29, 0.717) is 37.2 Å². The summed E-state index contributed by atoms with van der Waals surface area (Å²) in [4.78, 5) is 43.7. The van der Waals surface area contributed by atoms with Gasteiger partial charge in [0.15, 0.2) is 0 Å². The lowest BCUT2D eigenvalue weighted by Crippen LogP contribution is -2.70. The van der Waals surface area contributed by atoms with E-state index in [0.717, 1.165) is 18.5 Å². The van der Waals surface area contributed by atoms with Gasteiger partial charge >= 0.3 is 0 Å². The number of carbonyl (C=O) groups is 3. The minimum atomic E-state index is -0.591. The van der Waals surface area contributed by atoms with Gasteiger partial charge in [-0.05, 0) is 31.7 Å². The first kappa shape index (κ1) is 18.0. The number of hydrogen-bond donors (Lipinski definition) is 1. The van der Waals surface area contributed by atoms with E-state index in [2.05, 4.69) is 24.0 Å². The summed E-state index contributed by atoms with van der Waals surface area (Å²) in [6.07, 6.45) is 2.23. The summed E-state index contributed by atoms with van der Waals surface area (Å²) in [7, 11) is 0. The first-order chi connectivity index (χ1) is 12.9. The molecular formula is C19H27N5O3. The second kappa shape index (κ2) is 6.65. The molecule has 0 radical (unpaired) electrons. The number of carbonyl (C=O) groups excluding carboxylic acids is 3. The maximum Gasteiger partial charge on any atom is 0.275 e. The van der Waals surface area contributed by atoms with Crippen molar-refractivity contribution in [2.75, 3.05) is 26.2 Å². The number of hydrogen-bond acceptors (Lipinski definition) is 4. The molecule has 4 rings (SSSR count). The molecule has 2 saturated heterocycles. The van der Waals surface area contributed by atoms with Gasteiger partial charge in [-0.25, -0.2) is 0 Å². The molecule has 1 saturated carbocycles. The van der Waals surface area contributed by atoms with E-state index >= 15 is 0 Å². The third-order valence-corrected chi connectivity index (χ3v) is 5.74. The summed E-state index contributed by atoms with van der Waals surface area (Å²) in [6.45, 7) is 7.86. The predicted octanol–water partition coefficient (Wildman–Crippen LogP) is 0.827. The molecule has 2 aliphatic heterocycles. The number of nitrogens with zero attached hydrogens (tertiary/aromatic N) is 4. The fraction of sp³-hybridized carbons (Fsp3) is 0.684. The summed E-state index contributed by atoms with van der Waals surface area (Å²) < 4.78 is 0. The van der Waals surface area contributed by atoms with Crippen molar-refractivity contribution in [1.29, 1.82) is 0 Å². The van der Waals surface area contributed by atoms with Crippen molar-refractivity contribution >= 4 is 17.7 Å². The monoisotopic (exact) mass is 373 g/mol. The first-order valence-electron chi connectivity index (χ1n) is 9.82. The van der Waals surface area contributed by atoms with Crippen LogP contribution in [-0.4, -0.2) is 80.9 Å². The number of H-pyrrole nitrogens is 1. The van der Waals surface area contributed by atoms with Crippen molar-refractivity contribution in [2.45, 2.75) is 51.6 Å². The molecule has 3 aliphatic rings. The molecule has 3 heterocycles. The van der Waals surface area contributed by atoms with Gasteiger partial charge in [0.05, 0.1) is 6.54 Å². The predicted molar refractivity (Wildman–Crippen MR) is 98.0 cm³/mol. The summed E-state index contributed by atoms with van der Waals surface area (Å²) in [6, 6.07) is 0.614. The highest BCUT2D eigenvalue weighted by molar-refractivity contribution is 5.99. The van der Waals surface area contributed by atoms with Crippen LogP contribution in [0, 0.1) is 5.92 Å². The molecule has 1 aromatic heterocycles. The van der Waals surface area contributed by atoms with Crippen LogP contribution < -0.4 is 0 Å². The Labute approximate surface area is 158 Å². The van der Waals surface area contributed by atoms with E-state index in [1.54, 1.807) is 17.9 Å². The number of nitrogens with one attached hydrogen (secondary N) is 1. The van der Waals surface area contributed by atoms with Crippen molar-refractivity contribution < 1.29 is 14.4 Å². The Morgan fingerprint density at radius 2 is 2.00 bits per heavy atom. The number of piperazine rings is 2. The zero-order valence-electron chi connectivity index (χ0n) is 16.1. The normalized spacial score (nSPS) is 26.0. The quantitative estimate of drug-likeness (QED) is 0.846. The Hall–Kier alpha value is -2.38.